The summed E-state index contributed by atoms with van der Waals surface area (Å²) in [6, 6.07) is 157. The molecular weight excluding hydrogens is 1520 g/mol. The van der Waals surface area contributed by atoms with Gasteiger partial charge in [0.05, 0.1) is 50.2 Å². The van der Waals surface area contributed by atoms with Gasteiger partial charge in [0.15, 0.2) is 0 Å². The van der Waals surface area contributed by atoms with Gasteiger partial charge in [-0.05, 0) is 276 Å². The van der Waals surface area contributed by atoms with E-state index < -0.39 is 0 Å². The third kappa shape index (κ3) is 14.0. The number of para-hydroxylation sites is 3. The van der Waals surface area contributed by atoms with Gasteiger partial charge in [0, 0.05) is 57.6 Å². The van der Waals surface area contributed by atoms with Crippen LogP contribution in [0.15, 0.2) is 462 Å². The summed E-state index contributed by atoms with van der Waals surface area (Å²) in [6.45, 7) is 0. The van der Waals surface area contributed by atoms with E-state index in [0.717, 1.165) is 100 Å². The summed E-state index contributed by atoms with van der Waals surface area (Å²) in [6.07, 6.45) is 7.34. The highest BCUT2D eigenvalue weighted by molar-refractivity contribution is 6.22. The van der Waals surface area contributed by atoms with Gasteiger partial charge in [0.1, 0.15) is 0 Å². The Bertz CT molecular complexity index is 8250. The second kappa shape index (κ2) is 31.4. The van der Waals surface area contributed by atoms with Crippen LogP contribution in [-0.4, -0.2) is 38.8 Å². The highest BCUT2D eigenvalue weighted by Crippen LogP contribution is 2.46. The van der Waals surface area contributed by atoms with Crippen molar-refractivity contribution < 1.29 is 0 Å². The molecule has 0 unspecified atom stereocenters. The van der Waals surface area contributed by atoms with Crippen LogP contribution in [0.5, 0.6) is 0 Å². The standard InChI is InChI=1S/C43H28N2.C41H26N2.C33H22N4/c1-3-10-34-23-36(19-15-29(34)7-1)39-25-38(26-40(27-39)37-20-16-30-8-2-4-11-35(30)24-37)31-13-17-32(18-14-31)42-28-41-22-21-33-9-5-6-12-43(33)45(41)44-42;1-2-11-31-25-32(22-17-27(31)9-1)41-36-14-6-4-12-34(36)40(35-13-5-7-15-37(35)41)30-20-18-28(19-21-30)38-26-33-24-23-29-10-3-8-16-39(29)43(33)42-38;1-2-4-33-27(3-1)9-10-31-22-32(36-37(31)33)26-7-5-23(6-8-26)28-19-29(24-11-15-34-16-12-24)21-30(20-28)25-13-17-35-18-14-25/h1-28H;1-26H;1-22H. The molecule has 0 aliphatic heterocycles. The molecule has 0 saturated heterocycles. The normalized spacial score (nSPS) is 11.5. The van der Waals surface area contributed by atoms with Crippen LogP contribution in [0.3, 0.4) is 0 Å². The minimum atomic E-state index is 0.964. The number of rotatable bonds is 11. The molecule has 125 heavy (non-hydrogen) atoms. The second-order valence-electron chi connectivity index (χ2n) is 32.1. The number of hydrogen-bond acceptors (Lipinski definition) is 5. The van der Waals surface area contributed by atoms with Crippen LogP contribution >= 0.6 is 0 Å². The van der Waals surface area contributed by atoms with Gasteiger partial charge in [-0.3, -0.25) is 9.97 Å². The Kier molecular flexibility index (Phi) is 18.4. The quantitative estimate of drug-likeness (QED) is 0.121. The number of fused-ring (bicyclic) bond motifs is 14. The lowest BCUT2D eigenvalue weighted by Gasteiger charge is -2.18. The van der Waals surface area contributed by atoms with E-state index in [1.807, 2.05) is 62.6 Å². The maximum absolute atomic E-state index is 5.00. The summed E-state index contributed by atoms with van der Waals surface area (Å²) in [5.74, 6) is 0. The monoisotopic (exact) mass is 1590 g/mol. The van der Waals surface area contributed by atoms with Gasteiger partial charge in [-0.15, -0.1) is 0 Å². The molecule has 8 aromatic heterocycles. The minimum Gasteiger partial charge on any atom is -0.265 e. The van der Waals surface area contributed by atoms with Gasteiger partial charge in [0.25, 0.3) is 0 Å². The largest absolute Gasteiger partial charge is 0.265 e. The SMILES string of the molecule is c1ccc2c(c1)ccc1cc(-c3ccc(-c4cc(-c5ccncc5)cc(-c5ccncc5)c4)cc3)nn12.c1ccc2cc(-c3c4ccccc4c(-c4ccc(-c5cc6ccc7ccccc7n6n5)cc4)c4ccccc34)ccc2c1.c1ccc2cc(-c3cc(-c4ccc(-c5cc6ccc7ccccc7n6n5)cc4)cc(-c4ccc5ccccc5c4)c3)ccc2c1. The van der Waals surface area contributed by atoms with E-state index in [2.05, 4.69) is 422 Å². The molecule has 0 aliphatic carbocycles. The van der Waals surface area contributed by atoms with Crippen molar-refractivity contribution in [1.82, 2.24) is 38.8 Å². The molecule has 25 rings (SSSR count). The van der Waals surface area contributed by atoms with E-state index in [1.165, 1.54) is 126 Å². The molecule has 0 radical (unpaired) electrons. The lowest BCUT2D eigenvalue weighted by molar-refractivity contribution is 1.01. The van der Waals surface area contributed by atoms with E-state index in [-0.39, 0.29) is 0 Å². The zero-order valence-corrected chi connectivity index (χ0v) is 68.0. The van der Waals surface area contributed by atoms with Crippen LogP contribution in [0.2, 0.25) is 0 Å². The zero-order valence-electron chi connectivity index (χ0n) is 68.0. The lowest BCUT2D eigenvalue weighted by atomic mass is 9.85. The summed E-state index contributed by atoms with van der Waals surface area (Å²) in [5.41, 5.74) is 32.0. The van der Waals surface area contributed by atoms with Crippen molar-refractivity contribution in [2.45, 2.75) is 0 Å². The van der Waals surface area contributed by atoms with Crippen molar-refractivity contribution in [3.05, 3.63) is 462 Å². The van der Waals surface area contributed by atoms with Crippen LogP contribution in [0.1, 0.15) is 0 Å². The third-order valence-corrected chi connectivity index (χ3v) is 24.5. The number of pyridine rings is 5. The first-order valence-electron chi connectivity index (χ1n) is 42.4. The highest BCUT2D eigenvalue weighted by atomic mass is 15.2. The Labute approximate surface area is 721 Å². The molecule has 0 saturated carbocycles. The van der Waals surface area contributed by atoms with Crippen LogP contribution in [0, 0.1) is 0 Å². The van der Waals surface area contributed by atoms with Crippen molar-refractivity contribution in [1.29, 1.82) is 0 Å². The van der Waals surface area contributed by atoms with Crippen LogP contribution in [-0.2, 0) is 0 Å². The minimum absolute atomic E-state index is 0.964. The Morgan fingerprint density at radius 3 is 0.712 bits per heavy atom. The Morgan fingerprint density at radius 1 is 0.144 bits per heavy atom. The second-order valence-corrected chi connectivity index (χ2v) is 32.1. The molecule has 0 amide bonds. The highest BCUT2D eigenvalue weighted by Gasteiger charge is 2.20. The van der Waals surface area contributed by atoms with E-state index in [0.29, 0.717) is 0 Å². The molecule has 0 bridgehead atoms. The fraction of sp³-hybridized carbons (Fsp3) is 0. The first-order chi connectivity index (χ1) is 61.9. The average molecular weight is 1590 g/mol. The summed E-state index contributed by atoms with van der Waals surface area (Å²) in [5, 5.41) is 31.0. The third-order valence-electron chi connectivity index (χ3n) is 24.5. The molecule has 25 aromatic rings. The maximum Gasteiger partial charge on any atom is 0.0933 e. The van der Waals surface area contributed by atoms with Gasteiger partial charge in [-0.1, -0.05) is 303 Å². The fourth-order valence-corrected chi connectivity index (χ4v) is 18.2. The molecule has 0 spiro atoms. The summed E-state index contributed by atoms with van der Waals surface area (Å²) in [7, 11) is 0. The molecule has 0 fully saturated rings. The number of aromatic nitrogens is 8. The van der Waals surface area contributed by atoms with Crippen LogP contribution < -0.4 is 0 Å². The average Bonchev–Trinajstić information content (AvgIpc) is 0.989. The molecule has 0 atom stereocenters. The van der Waals surface area contributed by atoms with Crippen molar-refractivity contribution in [2.75, 3.05) is 0 Å². The van der Waals surface area contributed by atoms with Gasteiger partial charge in [0.2, 0.25) is 0 Å². The molecule has 0 N–H and O–H groups in total. The van der Waals surface area contributed by atoms with Crippen molar-refractivity contribution in [3.63, 3.8) is 0 Å². The van der Waals surface area contributed by atoms with E-state index in [4.69, 9.17) is 15.3 Å². The number of hydrogen-bond donors (Lipinski definition) is 0. The van der Waals surface area contributed by atoms with Crippen LogP contribution in [0.4, 0.5) is 0 Å². The summed E-state index contributed by atoms with van der Waals surface area (Å²) in [4.78, 5) is 8.37. The Morgan fingerprint density at radius 2 is 0.376 bits per heavy atom. The first-order valence-corrected chi connectivity index (χ1v) is 42.4. The topological polar surface area (TPSA) is 77.7 Å². The molecule has 8 heterocycles. The Hall–Kier alpha value is -16.8. The first kappa shape index (κ1) is 73.3. The molecule has 8 nitrogen and oxygen atoms in total. The van der Waals surface area contributed by atoms with Crippen LogP contribution in [0.25, 0.3) is 226 Å². The molecular formula is C117H76N8. The van der Waals surface area contributed by atoms with Gasteiger partial charge in [-0.2, -0.15) is 15.3 Å². The van der Waals surface area contributed by atoms with E-state index in [1.54, 1.807) is 0 Å². The number of benzene rings is 17. The maximum atomic E-state index is 5.00. The van der Waals surface area contributed by atoms with Gasteiger partial charge in [-0.25, -0.2) is 13.5 Å². The predicted molar refractivity (Wildman–Crippen MR) is 521 cm³/mol. The smallest absolute Gasteiger partial charge is 0.0933 e. The molecule has 8 heteroatoms. The molecule has 0 aliphatic rings. The molecule has 17 aromatic carbocycles. The van der Waals surface area contributed by atoms with Crippen molar-refractivity contribution >= 4 is 103 Å². The fourth-order valence-electron chi connectivity index (χ4n) is 18.2. The number of nitrogens with zero attached hydrogens (tertiary/aromatic N) is 8. The zero-order chi connectivity index (χ0) is 82.7. The van der Waals surface area contributed by atoms with E-state index in [9.17, 15) is 0 Å². The lowest BCUT2D eigenvalue weighted by Crippen LogP contribution is -1.91. The summed E-state index contributed by atoms with van der Waals surface area (Å²) < 4.78 is 6.12. The molecule has 584 valence electrons. The van der Waals surface area contributed by atoms with Crippen molar-refractivity contribution in [3.8, 4) is 123 Å². The predicted octanol–water partition coefficient (Wildman–Crippen LogP) is 30.4. The van der Waals surface area contributed by atoms with Gasteiger partial charge >= 0.3 is 0 Å². The van der Waals surface area contributed by atoms with E-state index >= 15 is 0 Å². The van der Waals surface area contributed by atoms with Gasteiger partial charge < -0.3 is 0 Å². The Balaban J connectivity index is 0.000000109. The summed E-state index contributed by atoms with van der Waals surface area (Å²) >= 11 is 0. The van der Waals surface area contributed by atoms with Crippen molar-refractivity contribution in [2.24, 2.45) is 0 Å².